The van der Waals surface area contributed by atoms with E-state index in [0.717, 1.165) is 11.3 Å². The van der Waals surface area contributed by atoms with E-state index in [-0.39, 0.29) is 0 Å². The van der Waals surface area contributed by atoms with Crippen LogP contribution < -0.4 is 9.47 Å². The van der Waals surface area contributed by atoms with Crippen LogP contribution in [0.4, 0.5) is 0 Å². The third-order valence-corrected chi connectivity index (χ3v) is 3.11. The highest BCUT2D eigenvalue weighted by Crippen LogP contribution is 2.28. The molecule has 0 saturated heterocycles. The topological polar surface area (TPSA) is 56.4 Å². The first kappa shape index (κ1) is 15.5. The summed E-state index contributed by atoms with van der Waals surface area (Å²) in [5.74, 6) is 2.12. The molecule has 1 aromatic carbocycles. The van der Waals surface area contributed by atoms with Crippen molar-refractivity contribution in [1.82, 2.24) is 9.97 Å². The number of aromatic amines is 1. The second kappa shape index (κ2) is 7.19. The fourth-order valence-electron chi connectivity index (χ4n) is 1.89. The van der Waals surface area contributed by atoms with E-state index in [1.54, 1.807) is 20.3 Å². The summed E-state index contributed by atoms with van der Waals surface area (Å²) in [6, 6.07) is 7.45. The maximum Gasteiger partial charge on any atom is 0.134 e. The molecular weight excluding hydrogens is 288 g/mol. The van der Waals surface area contributed by atoms with Gasteiger partial charge in [-0.25, -0.2) is 4.98 Å². The fraction of sp³-hybridized carbons (Fsp3) is 0.333. The zero-order valence-corrected chi connectivity index (χ0v) is 13.1. The Kier molecular flexibility index (Phi) is 5.30. The molecule has 6 heteroatoms. The van der Waals surface area contributed by atoms with E-state index in [4.69, 9.17) is 26.4 Å². The number of nitrogens with zero attached hydrogens (tertiary/aromatic N) is 1. The minimum absolute atomic E-state index is 0.398. The molecule has 5 nitrogen and oxygen atoms in total. The minimum atomic E-state index is 0.398. The fourth-order valence-corrected chi connectivity index (χ4v) is 2.12. The highest BCUT2D eigenvalue weighted by Gasteiger charge is 2.07. The second-order valence-electron chi connectivity index (χ2n) is 4.32. The number of aromatic nitrogens is 2. The molecule has 1 heterocycles. The van der Waals surface area contributed by atoms with E-state index in [9.17, 15) is 0 Å². The molecule has 0 bridgehead atoms. The van der Waals surface area contributed by atoms with Crippen LogP contribution in [-0.4, -0.2) is 30.8 Å². The molecule has 0 amide bonds. The van der Waals surface area contributed by atoms with Gasteiger partial charge in [0, 0.05) is 18.2 Å². The van der Waals surface area contributed by atoms with Gasteiger partial charge in [0.15, 0.2) is 0 Å². The third-order valence-electron chi connectivity index (χ3n) is 2.90. The lowest BCUT2D eigenvalue weighted by molar-refractivity contribution is 0.128. The Balaban J connectivity index is 2.45. The van der Waals surface area contributed by atoms with Gasteiger partial charge in [0.2, 0.25) is 0 Å². The summed E-state index contributed by atoms with van der Waals surface area (Å²) in [6.45, 7) is 2.96. The summed E-state index contributed by atoms with van der Waals surface area (Å²) < 4.78 is 16.4. The number of rotatable bonds is 6. The molecule has 0 aliphatic carbocycles. The summed E-state index contributed by atoms with van der Waals surface area (Å²) in [7, 11) is 3.24. The van der Waals surface area contributed by atoms with Gasteiger partial charge in [0.05, 0.1) is 19.9 Å². The van der Waals surface area contributed by atoms with Crippen LogP contribution in [0.1, 0.15) is 12.7 Å². The van der Waals surface area contributed by atoms with Crippen molar-refractivity contribution in [1.29, 1.82) is 0 Å². The summed E-state index contributed by atoms with van der Waals surface area (Å²) in [5, 5.41) is 0. The van der Waals surface area contributed by atoms with Gasteiger partial charge in [-0.15, -0.1) is 0 Å². The molecule has 0 aliphatic heterocycles. The first-order chi connectivity index (χ1) is 10.2. The van der Waals surface area contributed by atoms with Crippen molar-refractivity contribution in [3.05, 3.63) is 34.7 Å². The Morgan fingerprint density at radius 2 is 1.76 bits per heavy atom. The number of hydrogen-bond acceptors (Lipinski definition) is 5. The van der Waals surface area contributed by atoms with Crippen LogP contribution in [0.5, 0.6) is 11.5 Å². The molecule has 2 rings (SSSR count). The monoisotopic (exact) mass is 306 g/mol. The van der Waals surface area contributed by atoms with Crippen LogP contribution in [0.15, 0.2) is 24.3 Å². The molecule has 112 valence electrons. The Morgan fingerprint density at radius 1 is 1.10 bits per heavy atom. The standard InChI is InChI=1S/C15H18N2O3S/c1-4-20-9-14-16-13(8-15(21)17-14)10-5-11(18-2)7-12(6-10)19-3/h5-8H,4,9H2,1-3H3,(H,16,17,21). The number of methoxy groups -OCH3 is 2. The number of hydrogen-bond donors (Lipinski definition) is 1. The normalized spacial score (nSPS) is 10.4. The summed E-state index contributed by atoms with van der Waals surface area (Å²) in [5.41, 5.74) is 1.76. The van der Waals surface area contributed by atoms with Crippen molar-refractivity contribution in [2.75, 3.05) is 20.8 Å². The smallest absolute Gasteiger partial charge is 0.134 e. The molecule has 0 aliphatic rings. The van der Waals surface area contributed by atoms with Crippen molar-refractivity contribution in [2.45, 2.75) is 13.5 Å². The van der Waals surface area contributed by atoms with Crippen molar-refractivity contribution < 1.29 is 14.2 Å². The first-order valence-corrected chi connectivity index (χ1v) is 6.98. The number of ether oxygens (including phenoxy) is 3. The van der Waals surface area contributed by atoms with Crippen LogP contribution in [-0.2, 0) is 11.3 Å². The molecule has 0 radical (unpaired) electrons. The van der Waals surface area contributed by atoms with E-state index in [2.05, 4.69) is 9.97 Å². The maximum atomic E-state index is 5.37. The molecule has 1 aromatic heterocycles. The molecule has 0 unspecified atom stereocenters. The molecule has 2 aromatic rings. The first-order valence-electron chi connectivity index (χ1n) is 6.57. The van der Waals surface area contributed by atoms with Gasteiger partial charge in [0.25, 0.3) is 0 Å². The van der Waals surface area contributed by atoms with Gasteiger partial charge in [0.1, 0.15) is 28.6 Å². The number of benzene rings is 1. The molecule has 0 fully saturated rings. The molecule has 0 atom stereocenters. The van der Waals surface area contributed by atoms with Crippen molar-refractivity contribution in [3.8, 4) is 22.8 Å². The van der Waals surface area contributed by atoms with Gasteiger partial charge in [-0.3, -0.25) is 0 Å². The Hall–Kier alpha value is -1.92. The van der Waals surface area contributed by atoms with Gasteiger partial charge in [-0.1, -0.05) is 12.2 Å². The lowest BCUT2D eigenvalue weighted by Crippen LogP contribution is -2.01. The maximum absolute atomic E-state index is 5.37. The molecule has 0 spiro atoms. The summed E-state index contributed by atoms with van der Waals surface area (Å²) >= 11 is 5.21. The number of nitrogens with one attached hydrogen (secondary N) is 1. The van der Waals surface area contributed by atoms with Crippen molar-refractivity contribution >= 4 is 12.2 Å². The highest BCUT2D eigenvalue weighted by molar-refractivity contribution is 7.71. The van der Waals surface area contributed by atoms with Gasteiger partial charge in [-0.05, 0) is 25.1 Å². The van der Waals surface area contributed by atoms with Gasteiger partial charge < -0.3 is 19.2 Å². The summed E-state index contributed by atoms with van der Waals surface area (Å²) in [4.78, 5) is 7.48. The molecule has 1 N–H and O–H groups in total. The van der Waals surface area contributed by atoms with E-state index in [1.165, 1.54) is 0 Å². The zero-order valence-electron chi connectivity index (χ0n) is 12.3. The van der Waals surface area contributed by atoms with Crippen LogP contribution in [0.2, 0.25) is 0 Å². The van der Waals surface area contributed by atoms with Crippen LogP contribution in [0, 0.1) is 4.64 Å². The lowest BCUT2D eigenvalue weighted by Gasteiger charge is -2.10. The highest BCUT2D eigenvalue weighted by atomic mass is 32.1. The average molecular weight is 306 g/mol. The van der Waals surface area contributed by atoms with Crippen LogP contribution >= 0.6 is 12.2 Å². The van der Waals surface area contributed by atoms with E-state index < -0.39 is 0 Å². The summed E-state index contributed by atoms with van der Waals surface area (Å²) in [6.07, 6.45) is 0. The zero-order chi connectivity index (χ0) is 15.2. The molecule has 0 saturated carbocycles. The third kappa shape index (κ3) is 4.03. The van der Waals surface area contributed by atoms with E-state index >= 15 is 0 Å². The number of H-pyrrole nitrogens is 1. The molecular formula is C15H18N2O3S. The van der Waals surface area contributed by atoms with Gasteiger partial charge in [-0.2, -0.15) is 0 Å². The van der Waals surface area contributed by atoms with Gasteiger partial charge >= 0.3 is 0 Å². The predicted molar refractivity (Wildman–Crippen MR) is 83.3 cm³/mol. The average Bonchev–Trinajstić information content (AvgIpc) is 2.51. The molecule has 21 heavy (non-hydrogen) atoms. The van der Waals surface area contributed by atoms with Crippen molar-refractivity contribution in [2.24, 2.45) is 0 Å². The van der Waals surface area contributed by atoms with Crippen molar-refractivity contribution in [3.63, 3.8) is 0 Å². The van der Waals surface area contributed by atoms with Crippen LogP contribution in [0.25, 0.3) is 11.3 Å². The Bertz CT molecular complexity index is 648. The Morgan fingerprint density at radius 3 is 2.33 bits per heavy atom. The quantitative estimate of drug-likeness (QED) is 0.829. The largest absolute Gasteiger partial charge is 0.497 e. The van der Waals surface area contributed by atoms with E-state index in [1.807, 2.05) is 25.1 Å². The Labute approximate surface area is 128 Å². The predicted octanol–water partition coefficient (Wildman–Crippen LogP) is 3.36. The lowest BCUT2D eigenvalue weighted by atomic mass is 10.1. The minimum Gasteiger partial charge on any atom is -0.497 e. The van der Waals surface area contributed by atoms with E-state index in [0.29, 0.717) is 35.2 Å². The second-order valence-corrected chi connectivity index (χ2v) is 4.74. The SMILES string of the molecule is CCOCc1nc(=S)cc(-c2cc(OC)cc(OC)c2)[nH]1. The van der Waals surface area contributed by atoms with Crippen LogP contribution in [0.3, 0.4) is 0 Å².